The summed E-state index contributed by atoms with van der Waals surface area (Å²) in [6.45, 7) is 2.87. The van der Waals surface area contributed by atoms with Gasteiger partial charge in [-0.05, 0) is 49.4 Å². The normalized spacial score (nSPS) is 15.2. The molecule has 3 rings (SSSR count). The summed E-state index contributed by atoms with van der Waals surface area (Å²) in [5.41, 5.74) is 9.61. The molecule has 1 fully saturated rings. The predicted octanol–water partition coefficient (Wildman–Crippen LogP) is 4.01. The molecule has 24 heavy (non-hydrogen) atoms. The van der Waals surface area contributed by atoms with Crippen LogP contribution in [0.15, 0.2) is 30.3 Å². The van der Waals surface area contributed by atoms with Crippen molar-refractivity contribution >= 4 is 5.91 Å². The molecule has 1 saturated carbocycles. The minimum Gasteiger partial charge on any atom is -0.366 e. The van der Waals surface area contributed by atoms with Crippen LogP contribution in [0.2, 0.25) is 0 Å². The fraction of sp³-hybridized carbons (Fsp3) is 0.400. The molecule has 1 heterocycles. The average molecular weight is 321 g/mol. The van der Waals surface area contributed by atoms with Gasteiger partial charge in [0.25, 0.3) is 5.91 Å². The lowest BCUT2D eigenvalue weighted by atomic mass is 9.89. The van der Waals surface area contributed by atoms with Gasteiger partial charge in [0.2, 0.25) is 0 Å². The molecule has 2 aromatic rings. The molecule has 1 aromatic heterocycles. The van der Waals surface area contributed by atoms with Crippen LogP contribution in [-0.4, -0.2) is 10.5 Å². The summed E-state index contributed by atoms with van der Waals surface area (Å²) >= 11 is 0. The lowest BCUT2D eigenvalue weighted by Crippen LogP contribution is -2.17. The van der Waals surface area contributed by atoms with E-state index in [1.165, 1.54) is 32.1 Å². The first-order valence-corrected chi connectivity index (χ1v) is 8.60. The van der Waals surface area contributed by atoms with E-state index in [1.807, 2.05) is 31.2 Å². The topological polar surface area (TPSA) is 71.8 Å². The minimum atomic E-state index is -0.396. The van der Waals surface area contributed by atoms with Crippen molar-refractivity contribution in [3.63, 3.8) is 0 Å². The average Bonchev–Trinajstić information content (AvgIpc) is 2.93. The molecule has 0 spiro atoms. The van der Waals surface area contributed by atoms with Crippen molar-refractivity contribution in [2.75, 3.05) is 0 Å². The molecule has 0 atom stereocenters. The second-order valence-corrected chi connectivity index (χ2v) is 6.70. The molecule has 0 radical (unpaired) electrons. The maximum absolute atomic E-state index is 11.8. The van der Waals surface area contributed by atoms with Crippen LogP contribution in [-0.2, 0) is 6.54 Å². The van der Waals surface area contributed by atoms with Gasteiger partial charge in [-0.3, -0.25) is 4.79 Å². The molecule has 4 heteroatoms. The van der Waals surface area contributed by atoms with Gasteiger partial charge >= 0.3 is 0 Å². The van der Waals surface area contributed by atoms with Crippen molar-refractivity contribution in [3.05, 3.63) is 47.2 Å². The lowest BCUT2D eigenvalue weighted by Gasteiger charge is -2.24. The molecule has 0 unspecified atom stereocenters. The number of nitrogens with two attached hydrogens (primary N) is 1. The number of hydrogen-bond donors (Lipinski definition) is 1. The van der Waals surface area contributed by atoms with Crippen molar-refractivity contribution in [3.8, 4) is 17.3 Å². The van der Waals surface area contributed by atoms with Crippen LogP contribution in [0, 0.1) is 24.2 Å². The van der Waals surface area contributed by atoms with Crippen LogP contribution in [0.1, 0.15) is 53.7 Å². The molecule has 1 amide bonds. The van der Waals surface area contributed by atoms with Gasteiger partial charge in [-0.2, -0.15) is 5.26 Å². The van der Waals surface area contributed by atoms with E-state index in [2.05, 4.69) is 10.6 Å². The van der Waals surface area contributed by atoms with Crippen molar-refractivity contribution < 1.29 is 4.79 Å². The van der Waals surface area contributed by atoms with E-state index in [4.69, 9.17) is 11.0 Å². The number of amides is 1. The Bertz CT molecular complexity index is 792. The second kappa shape index (κ2) is 6.92. The summed E-state index contributed by atoms with van der Waals surface area (Å²) in [4.78, 5) is 11.8. The fourth-order valence-electron chi connectivity index (χ4n) is 3.75. The fourth-order valence-corrected chi connectivity index (χ4v) is 3.75. The van der Waals surface area contributed by atoms with Crippen molar-refractivity contribution in [1.82, 2.24) is 4.57 Å². The van der Waals surface area contributed by atoms with E-state index >= 15 is 0 Å². The van der Waals surface area contributed by atoms with Gasteiger partial charge < -0.3 is 10.3 Å². The molecule has 1 aromatic carbocycles. The summed E-state index contributed by atoms with van der Waals surface area (Å²) < 4.78 is 2.21. The third-order valence-corrected chi connectivity index (χ3v) is 5.08. The van der Waals surface area contributed by atoms with Gasteiger partial charge in [0, 0.05) is 17.9 Å². The maximum atomic E-state index is 11.8. The SMILES string of the molecule is Cc1c(C(N)=O)cc(-c2cccc(C#N)c2)n1CC1CCCCC1. The van der Waals surface area contributed by atoms with Crippen LogP contribution in [0.5, 0.6) is 0 Å². The van der Waals surface area contributed by atoms with Crippen molar-refractivity contribution in [2.24, 2.45) is 11.7 Å². The highest BCUT2D eigenvalue weighted by molar-refractivity contribution is 5.95. The number of rotatable bonds is 4. The highest BCUT2D eigenvalue weighted by Gasteiger charge is 2.21. The molecule has 0 bridgehead atoms. The summed E-state index contributed by atoms with van der Waals surface area (Å²) in [5, 5.41) is 9.16. The quantitative estimate of drug-likeness (QED) is 0.924. The predicted molar refractivity (Wildman–Crippen MR) is 94.4 cm³/mol. The van der Waals surface area contributed by atoms with Crippen LogP contribution in [0.4, 0.5) is 0 Å². The van der Waals surface area contributed by atoms with Gasteiger partial charge in [0.15, 0.2) is 0 Å². The van der Waals surface area contributed by atoms with Crippen LogP contribution in [0.3, 0.4) is 0 Å². The monoisotopic (exact) mass is 321 g/mol. The Kier molecular flexibility index (Phi) is 4.71. The zero-order valence-electron chi connectivity index (χ0n) is 14.1. The minimum absolute atomic E-state index is 0.396. The Morgan fingerprint density at radius 1 is 1.29 bits per heavy atom. The van der Waals surface area contributed by atoms with Crippen LogP contribution in [0.25, 0.3) is 11.3 Å². The van der Waals surface area contributed by atoms with E-state index in [9.17, 15) is 4.79 Å². The summed E-state index contributed by atoms with van der Waals surface area (Å²) in [6, 6.07) is 11.6. The Labute approximate surface area is 142 Å². The molecular weight excluding hydrogens is 298 g/mol. The number of hydrogen-bond acceptors (Lipinski definition) is 2. The zero-order chi connectivity index (χ0) is 17.1. The number of carbonyl (C=O) groups is 1. The van der Waals surface area contributed by atoms with Crippen molar-refractivity contribution in [1.29, 1.82) is 5.26 Å². The van der Waals surface area contributed by atoms with E-state index in [-0.39, 0.29) is 0 Å². The number of carbonyl (C=O) groups excluding carboxylic acids is 1. The zero-order valence-corrected chi connectivity index (χ0v) is 14.1. The number of aromatic nitrogens is 1. The van der Waals surface area contributed by atoms with E-state index < -0.39 is 5.91 Å². The summed E-state index contributed by atoms with van der Waals surface area (Å²) in [5.74, 6) is 0.246. The Balaban J connectivity index is 2.04. The molecule has 124 valence electrons. The number of nitriles is 1. The smallest absolute Gasteiger partial charge is 0.250 e. The van der Waals surface area contributed by atoms with Gasteiger partial charge in [0.05, 0.1) is 17.2 Å². The van der Waals surface area contributed by atoms with E-state index in [0.29, 0.717) is 17.0 Å². The van der Waals surface area contributed by atoms with Gasteiger partial charge in [0.1, 0.15) is 0 Å². The first-order valence-electron chi connectivity index (χ1n) is 8.60. The molecule has 4 nitrogen and oxygen atoms in total. The maximum Gasteiger partial charge on any atom is 0.250 e. The third kappa shape index (κ3) is 3.21. The van der Waals surface area contributed by atoms with Crippen LogP contribution >= 0.6 is 0 Å². The highest BCUT2D eigenvalue weighted by atomic mass is 16.1. The van der Waals surface area contributed by atoms with Gasteiger partial charge in [-0.25, -0.2) is 0 Å². The summed E-state index contributed by atoms with van der Waals surface area (Å²) in [7, 11) is 0. The Hall–Kier alpha value is -2.54. The molecule has 2 N–H and O–H groups in total. The third-order valence-electron chi connectivity index (χ3n) is 5.08. The number of benzene rings is 1. The van der Waals surface area contributed by atoms with Gasteiger partial charge in [-0.1, -0.05) is 31.4 Å². The van der Waals surface area contributed by atoms with E-state index in [1.54, 1.807) is 6.07 Å². The largest absolute Gasteiger partial charge is 0.366 e. The second-order valence-electron chi connectivity index (χ2n) is 6.70. The highest BCUT2D eigenvalue weighted by Crippen LogP contribution is 2.31. The molecular formula is C20H23N3O. The standard InChI is InChI=1S/C20H23N3O/c1-14-18(20(22)24)11-19(17-9-5-8-16(10-17)12-21)23(14)13-15-6-3-2-4-7-15/h5,8-11,15H,2-4,6-7,13H2,1H3,(H2,22,24). The van der Waals surface area contributed by atoms with Crippen LogP contribution < -0.4 is 5.73 Å². The Morgan fingerprint density at radius 3 is 2.71 bits per heavy atom. The first kappa shape index (κ1) is 16.3. The Morgan fingerprint density at radius 2 is 2.04 bits per heavy atom. The lowest BCUT2D eigenvalue weighted by molar-refractivity contribution is 0.0999. The van der Waals surface area contributed by atoms with E-state index in [0.717, 1.165) is 23.5 Å². The molecule has 0 aliphatic heterocycles. The van der Waals surface area contributed by atoms with Crippen molar-refractivity contribution in [2.45, 2.75) is 45.6 Å². The molecule has 0 saturated heterocycles. The first-order chi connectivity index (χ1) is 11.6. The molecule has 1 aliphatic rings. The summed E-state index contributed by atoms with van der Waals surface area (Å²) in [6.07, 6.45) is 6.37. The van der Waals surface area contributed by atoms with Gasteiger partial charge in [-0.15, -0.1) is 0 Å². The number of nitrogens with zero attached hydrogens (tertiary/aromatic N) is 2. The molecule has 1 aliphatic carbocycles. The number of primary amides is 1.